The van der Waals surface area contributed by atoms with Crippen molar-refractivity contribution in [1.29, 1.82) is 0 Å². The van der Waals surface area contributed by atoms with Gasteiger partial charge in [-0.3, -0.25) is 4.79 Å². The highest BCUT2D eigenvalue weighted by atomic mass is 16.2. The molecule has 0 bridgehead atoms. The van der Waals surface area contributed by atoms with Gasteiger partial charge in [0.1, 0.15) is 0 Å². The van der Waals surface area contributed by atoms with Gasteiger partial charge in [0.2, 0.25) is 5.91 Å². The van der Waals surface area contributed by atoms with Gasteiger partial charge in [-0.15, -0.1) is 0 Å². The summed E-state index contributed by atoms with van der Waals surface area (Å²) in [5, 5.41) is 0. The van der Waals surface area contributed by atoms with Gasteiger partial charge in [0.15, 0.2) is 0 Å². The summed E-state index contributed by atoms with van der Waals surface area (Å²) in [4.78, 5) is 28.5. The number of carbonyl (C=O) groups excluding carboxylic acids is 2. The summed E-state index contributed by atoms with van der Waals surface area (Å²) >= 11 is 0. The molecule has 0 radical (unpaired) electrons. The molecule has 0 unspecified atom stereocenters. The van der Waals surface area contributed by atoms with Crippen molar-refractivity contribution in [2.45, 2.75) is 51.0 Å². The summed E-state index contributed by atoms with van der Waals surface area (Å²) in [5.74, 6) is -0.0643. The first-order valence-electron chi connectivity index (χ1n) is 7.71. The number of hydrogen-bond donors (Lipinski definition) is 0. The van der Waals surface area contributed by atoms with E-state index in [1.54, 1.807) is 0 Å². The van der Waals surface area contributed by atoms with Crippen LogP contribution in [0, 0.1) is 6.92 Å². The Hall–Kier alpha value is -1.84. The van der Waals surface area contributed by atoms with Crippen LogP contribution in [0.25, 0.3) is 0 Å². The van der Waals surface area contributed by atoms with E-state index >= 15 is 0 Å². The lowest BCUT2D eigenvalue weighted by molar-refractivity contribution is -0.123. The van der Waals surface area contributed by atoms with Gasteiger partial charge < -0.3 is 4.90 Å². The van der Waals surface area contributed by atoms with Gasteiger partial charge in [-0.1, -0.05) is 31.4 Å². The first-order valence-corrected chi connectivity index (χ1v) is 7.71. The predicted octanol–water partition coefficient (Wildman–Crippen LogP) is 3.49. The number of anilines is 1. The van der Waals surface area contributed by atoms with Gasteiger partial charge in [0, 0.05) is 7.05 Å². The number of amides is 3. The molecule has 2 fully saturated rings. The molecule has 112 valence electrons. The zero-order valence-electron chi connectivity index (χ0n) is 12.8. The summed E-state index contributed by atoms with van der Waals surface area (Å²) in [6.07, 6.45) is 5.76. The molecule has 0 aromatic heterocycles. The van der Waals surface area contributed by atoms with Crippen LogP contribution < -0.4 is 4.90 Å². The molecule has 1 aromatic carbocycles. The Morgan fingerprint density at radius 1 is 1.10 bits per heavy atom. The topological polar surface area (TPSA) is 40.6 Å². The van der Waals surface area contributed by atoms with Crippen LogP contribution in [0.15, 0.2) is 24.3 Å². The molecule has 1 saturated heterocycles. The molecule has 4 heteroatoms. The lowest BCUT2D eigenvalue weighted by Crippen LogP contribution is -2.63. The maximum Gasteiger partial charge on any atom is 0.331 e. The number of imide groups is 1. The molecule has 0 N–H and O–H groups in total. The molecule has 1 saturated carbocycles. The molecule has 2 aliphatic rings. The van der Waals surface area contributed by atoms with Gasteiger partial charge in [0.25, 0.3) is 0 Å². The predicted molar refractivity (Wildman–Crippen MR) is 82.3 cm³/mol. The lowest BCUT2D eigenvalue weighted by atomic mass is 9.77. The summed E-state index contributed by atoms with van der Waals surface area (Å²) in [7, 11) is 1.85. The fraction of sp³-hybridized carbons (Fsp3) is 0.529. The van der Waals surface area contributed by atoms with Crippen molar-refractivity contribution >= 4 is 17.6 Å². The molecular weight excluding hydrogens is 264 g/mol. The third-order valence-corrected chi connectivity index (χ3v) is 4.96. The van der Waals surface area contributed by atoms with Gasteiger partial charge in [-0.25, -0.2) is 9.69 Å². The first-order chi connectivity index (χ1) is 10.0. The third-order valence-electron chi connectivity index (χ3n) is 4.96. The standard InChI is InChI=1S/C17H22N2O2/c1-13-7-6-8-14(11-13)19-15(20)12-17(18(2)16(19)21)9-4-3-5-10-17/h6-8,11H,3-5,9-10,12H2,1-2H3. The Labute approximate surface area is 125 Å². The van der Waals surface area contributed by atoms with Crippen molar-refractivity contribution < 1.29 is 9.59 Å². The average Bonchev–Trinajstić information content (AvgIpc) is 2.46. The summed E-state index contributed by atoms with van der Waals surface area (Å²) in [6.45, 7) is 1.97. The monoisotopic (exact) mass is 286 g/mol. The van der Waals surface area contributed by atoms with Crippen LogP contribution in [0.2, 0.25) is 0 Å². The number of urea groups is 1. The van der Waals surface area contributed by atoms with E-state index in [1.165, 1.54) is 11.3 Å². The van der Waals surface area contributed by atoms with E-state index in [0.29, 0.717) is 12.1 Å². The second-order valence-electron chi connectivity index (χ2n) is 6.37. The maximum atomic E-state index is 12.8. The van der Waals surface area contributed by atoms with Crippen molar-refractivity contribution in [2.24, 2.45) is 0 Å². The minimum Gasteiger partial charge on any atom is -0.321 e. The summed E-state index contributed by atoms with van der Waals surface area (Å²) < 4.78 is 0. The van der Waals surface area contributed by atoms with Crippen LogP contribution in [-0.2, 0) is 4.79 Å². The van der Waals surface area contributed by atoms with Crippen LogP contribution in [0.1, 0.15) is 44.1 Å². The summed E-state index contributed by atoms with van der Waals surface area (Å²) in [6, 6.07) is 7.39. The Morgan fingerprint density at radius 2 is 1.81 bits per heavy atom. The molecular formula is C17H22N2O2. The van der Waals surface area contributed by atoms with E-state index in [-0.39, 0.29) is 17.5 Å². The molecule has 1 aliphatic heterocycles. The lowest BCUT2D eigenvalue weighted by Gasteiger charge is -2.49. The fourth-order valence-electron chi connectivity index (χ4n) is 3.68. The van der Waals surface area contributed by atoms with Crippen molar-refractivity contribution in [1.82, 2.24) is 4.90 Å². The van der Waals surface area contributed by atoms with E-state index in [9.17, 15) is 9.59 Å². The van der Waals surface area contributed by atoms with E-state index in [1.807, 2.05) is 43.1 Å². The highest BCUT2D eigenvalue weighted by Crippen LogP contribution is 2.40. The third kappa shape index (κ3) is 2.33. The smallest absolute Gasteiger partial charge is 0.321 e. The number of nitrogens with zero attached hydrogens (tertiary/aromatic N) is 2. The van der Waals surface area contributed by atoms with Crippen LogP contribution in [0.4, 0.5) is 10.5 Å². The number of hydrogen-bond acceptors (Lipinski definition) is 2. The van der Waals surface area contributed by atoms with Gasteiger partial charge >= 0.3 is 6.03 Å². The van der Waals surface area contributed by atoms with Crippen molar-refractivity contribution in [3.8, 4) is 0 Å². The van der Waals surface area contributed by atoms with E-state index in [4.69, 9.17) is 0 Å². The Kier molecular flexibility index (Phi) is 3.47. The van der Waals surface area contributed by atoms with E-state index < -0.39 is 0 Å². The van der Waals surface area contributed by atoms with Gasteiger partial charge in [0.05, 0.1) is 17.6 Å². The Bertz CT molecular complexity index is 576. The van der Waals surface area contributed by atoms with Crippen LogP contribution >= 0.6 is 0 Å². The second-order valence-corrected chi connectivity index (χ2v) is 6.37. The van der Waals surface area contributed by atoms with E-state index in [0.717, 1.165) is 31.2 Å². The van der Waals surface area contributed by atoms with Crippen molar-refractivity contribution in [3.05, 3.63) is 29.8 Å². The van der Waals surface area contributed by atoms with Crippen LogP contribution in [0.3, 0.4) is 0 Å². The Balaban J connectivity index is 1.93. The number of carbonyl (C=O) groups is 2. The SMILES string of the molecule is Cc1cccc(N2C(=O)CC3(CCCCC3)N(C)C2=O)c1. The molecule has 4 nitrogen and oxygen atoms in total. The molecule has 0 atom stereocenters. The largest absolute Gasteiger partial charge is 0.331 e. The molecule has 21 heavy (non-hydrogen) atoms. The van der Waals surface area contributed by atoms with Crippen molar-refractivity contribution in [3.63, 3.8) is 0 Å². The second kappa shape index (κ2) is 5.17. The molecule has 1 aliphatic carbocycles. The molecule has 1 spiro atoms. The molecule has 3 rings (SSSR count). The maximum absolute atomic E-state index is 12.8. The van der Waals surface area contributed by atoms with Crippen molar-refractivity contribution in [2.75, 3.05) is 11.9 Å². The average molecular weight is 286 g/mol. The first kappa shape index (κ1) is 14.1. The zero-order valence-corrected chi connectivity index (χ0v) is 12.8. The van der Waals surface area contributed by atoms with Gasteiger partial charge in [-0.05, 0) is 37.5 Å². The molecule has 1 aromatic rings. The zero-order chi connectivity index (χ0) is 15.0. The quantitative estimate of drug-likeness (QED) is 0.793. The van der Waals surface area contributed by atoms with Gasteiger partial charge in [-0.2, -0.15) is 0 Å². The minimum absolute atomic E-state index is 0.0643. The normalized spacial score (nSPS) is 22.0. The summed E-state index contributed by atoms with van der Waals surface area (Å²) in [5.41, 5.74) is 1.49. The highest BCUT2D eigenvalue weighted by Gasteiger charge is 2.48. The molecule has 3 amide bonds. The number of rotatable bonds is 1. The van der Waals surface area contributed by atoms with Crippen LogP contribution in [0.5, 0.6) is 0 Å². The Morgan fingerprint density at radius 3 is 2.48 bits per heavy atom. The number of aryl methyl sites for hydroxylation is 1. The minimum atomic E-state index is -0.243. The fourth-order valence-corrected chi connectivity index (χ4v) is 3.68. The van der Waals surface area contributed by atoms with Crippen LogP contribution in [-0.4, -0.2) is 29.4 Å². The molecule has 1 heterocycles. The van der Waals surface area contributed by atoms with E-state index in [2.05, 4.69) is 0 Å². The number of benzene rings is 1. The highest BCUT2D eigenvalue weighted by molar-refractivity contribution is 6.16.